The number of nitrogens with zero attached hydrogens (tertiary/aromatic N) is 1. The Morgan fingerprint density at radius 2 is 2.29 bits per heavy atom. The molecule has 1 heterocycles. The zero-order valence-electron chi connectivity index (χ0n) is 9.49. The summed E-state index contributed by atoms with van der Waals surface area (Å²) in [6, 6.07) is 4.31. The highest BCUT2D eigenvalue weighted by molar-refractivity contribution is 14.1. The van der Waals surface area contributed by atoms with Gasteiger partial charge in [0.1, 0.15) is 5.82 Å². The second-order valence-electron chi connectivity index (χ2n) is 4.32. The smallest absolute Gasteiger partial charge is 0.255 e. The van der Waals surface area contributed by atoms with E-state index in [1.807, 2.05) is 29.5 Å². The Morgan fingerprint density at radius 1 is 1.59 bits per heavy atom. The number of carbonyl (C=O) groups is 1. The molecule has 2 unspecified atom stereocenters. The Morgan fingerprint density at radius 3 is 2.82 bits per heavy atom. The van der Waals surface area contributed by atoms with Crippen molar-refractivity contribution in [3.8, 4) is 0 Å². The van der Waals surface area contributed by atoms with Crippen LogP contribution in [0.2, 0.25) is 0 Å². The molecule has 2 N–H and O–H groups in total. The highest BCUT2D eigenvalue weighted by atomic mass is 127. The number of hydrogen-bond acceptors (Lipinski definition) is 2. The molecule has 1 saturated heterocycles. The molecule has 17 heavy (non-hydrogen) atoms. The van der Waals surface area contributed by atoms with E-state index in [4.69, 9.17) is 5.73 Å². The molecule has 0 aromatic heterocycles. The predicted molar refractivity (Wildman–Crippen MR) is 72.2 cm³/mol. The third-order valence-corrected chi connectivity index (χ3v) is 4.13. The largest absolute Gasteiger partial charge is 0.334 e. The van der Waals surface area contributed by atoms with Gasteiger partial charge in [-0.3, -0.25) is 4.79 Å². The van der Waals surface area contributed by atoms with Gasteiger partial charge in [0.2, 0.25) is 0 Å². The van der Waals surface area contributed by atoms with Crippen LogP contribution in [0.1, 0.15) is 23.7 Å². The van der Waals surface area contributed by atoms with Gasteiger partial charge in [-0.1, -0.05) is 0 Å². The van der Waals surface area contributed by atoms with Gasteiger partial charge in [0.05, 0.1) is 5.56 Å². The van der Waals surface area contributed by atoms with Crippen LogP contribution in [0.15, 0.2) is 18.2 Å². The summed E-state index contributed by atoms with van der Waals surface area (Å²) >= 11 is 1.98. The first-order chi connectivity index (χ1) is 8.00. The number of halogens is 2. The van der Waals surface area contributed by atoms with E-state index in [2.05, 4.69) is 0 Å². The molecule has 1 amide bonds. The molecule has 0 saturated carbocycles. The summed E-state index contributed by atoms with van der Waals surface area (Å²) in [6.07, 6.45) is 0.824. The van der Waals surface area contributed by atoms with E-state index in [0.29, 0.717) is 15.7 Å². The second kappa shape index (κ2) is 4.89. The molecule has 1 aromatic carbocycles. The van der Waals surface area contributed by atoms with Gasteiger partial charge >= 0.3 is 0 Å². The Balaban J connectivity index is 2.26. The molecule has 0 aliphatic carbocycles. The van der Waals surface area contributed by atoms with Crippen LogP contribution < -0.4 is 5.73 Å². The van der Waals surface area contributed by atoms with Gasteiger partial charge in [0.15, 0.2) is 0 Å². The van der Waals surface area contributed by atoms with Gasteiger partial charge in [-0.2, -0.15) is 0 Å². The van der Waals surface area contributed by atoms with Gasteiger partial charge in [-0.05, 0) is 54.1 Å². The third-order valence-electron chi connectivity index (χ3n) is 3.24. The molecule has 2 atom stereocenters. The van der Waals surface area contributed by atoms with Crippen LogP contribution in [0, 0.1) is 9.39 Å². The van der Waals surface area contributed by atoms with Crippen LogP contribution in [-0.4, -0.2) is 29.4 Å². The van der Waals surface area contributed by atoms with Crippen LogP contribution in [0.4, 0.5) is 4.39 Å². The minimum atomic E-state index is -0.322. The van der Waals surface area contributed by atoms with Gasteiger partial charge in [0, 0.05) is 22.2 Å². The summed E-state index contributed by atoms with van der Waals surface area (Å²) in [6.45, 7) is 2.63. The first kappa shape index (κ1) is 12.8. The van der Waals surface area contributed by atoms with E-state index in [-0.39, 0.29) is 23.8 Å². The SMILES string of the molecule is CC1C(N)CCN1C(=O)c1ccc(F)cc1I. The number of amides is 1. The van der Waals surface area contributed by atoms with Crippen LogP contribution >= 0.6 is 22.6 Å². The van der Waals surface area contributed by atoms with Crippen molar-refractivity contribution >= 4 is 28.5 Å². The number of carbonyl (C=O) groups excluding carboxylic acids is 1. The average Bonchev–Trinajstić information content (AvgIpc) is 2.59. The standard InChI is InChI=1S/C12H14FIN2O/c1-7-11(15)4-5-16(7)12(17)9-3-2-8(13)6-10(9)14/h2-3,6-7,11H,4-5,15H2,1H3. The van der Waals surface area contributed by atoms with Crippen molar-refractivity contribution in [1.82, 2.24) is 4.90 Å². The summed E-state index contributed by atoms with van der Waals surface area (Å²) < 4.78 is 13.6. The normalized spacial score (nSPS) is 24.1. The Hall–Kier alpha value is -0.690. The molecule has 0 bridgehead atoms. The lowest BCUT2D eigenvalue weighted by Gasteiger charge is -2.23. The van der Waals surface area contributed by atoms with Crippen LogP contribution in [0.3, 0.4) is 0 Å². The molecule has 2 rings (SSSR count). The fourth-order valence-corrected chi connectivity index (χ4v) is 2.78. The van der Waals surface area contributed by atoms with Crippen LogP contribution in [0.25, 0.3) is 0 Å². The van der Waals surface area contributed by atoms with Crippen molar-refractivity contribution in [1.29, 1.82) is 0 Å². The number of benzene rings is 1. The Labute approximate surface area is 113 Å². The van der Waals surface area contributed by atoms with Gasteiger partial charge in [-0.15, -0.1) is 0 Å². The molecule has 92 valence electrons. The molecular weight excluding hydrogens is 334 g/mol. The van der Waals surface area contributed by atoms with E-state index in [1.165, 1.54) is 18.2 Å². The first-order valence-electron chi connectivity index (χ1n) is 5.52. The van der Waals surface area contributed by atoms with E-state index in [9.17, 15) is 9.18 Å². The molecule has 1 aromatic rings. The number of likely N-dealkylation sites (tertiary alicyclic amines) is 1. The zero-order valence-corrected chi connectivity index (χ0v) is 11.6. The summed E-state index contributed by atoms with van der Waals surface area (Å²) in [7, 11) is 0. The van der Waals surface area contributed by atoms with E-state index in [1.54, 1.807) is 4.90 Å². The summed E-state index contributed by atoms with van der Waals surface area (Å²) in [5, 5.41) is 0. The molecule has 0 spiro atoms. The lowest BCUT2D eigenvalue weighted by atomic mass is 10.1. The molecule has 1 fully saturated rings. The molecule has 5 heteroatoms. The van der Waals surface area contributed by atoms with Crippen molar-refractivity contribution in [3.05, 3.63) is 33.1 Å². The van der Waals surface area contributed by atoms with Crippen LogP contribution in [-0.2, 0) is 0 Å². The minimum Gasteiger partial charge on any atom is -0.334 e. The summed E-state index contributed by atoms with van der Waals surface area (Å²) in [4.78, 5) is 14.0. The third kappa shape index (κ3) is 2.44. The monoisotopic (exact) mass is 348 g/mol. The molecule has 0 radical (unpaired) electrons. The molecule has 3 nitrogen and oxygen atoms in total. The number of nitrogens with two attached hydrogens (primary N) is 1. The van der Waals surface area contributed by atoms with Crippen molar-refractivity contribution in [2.45, 2.75) is 25.4 Å². The van der Waals surface area contributed by atoms with Crippen molar-refractivity contribution < 1.29 is 9.18 Å². The van der Waals surface area contributed by atoms with E-state index < -0.39 is 0 Å². The lowest BCUT2D eigenvalue weighted by Crippen LogP contribution is -2.40. The predicted octanol–water partition coefficient (Wildman–Crippen LogP) is 1.99. The maximum absolute atomic E-state index is 13.0. The Kier molecular flexibility index (Phi) is 3.67. The highest BCUT2D eigenvalue weighted by Crippen LogP contribution is 2.22. The van der Waals surface area contributed by atoms with Crippen molar-refractivity contribution in [2.24, 2.45) is 5.73 Å². The maximum atomic E-state index is 13.0. The van der Waals surface area contributed by atoms with E-state index >= 15 is 0 Å². The molecular formula is C12H14FIN2O. The van der Waals surface area contributed by atoms with Crippen LogP contribution in [0.5, 0.6) is 0 Å². The fraction of sp³-hybridized carbons (Fsp3) is 0.417. The first-order valence-corrected chi connectivity index (χ1v) is 6.60. The van der Waals surface area contributed by atoms with Gasteiger partial charge < -0.3 is 10.6 Å². The maximum Gasteiger partial charge on any atom is 0.255 e. The fourth-order valence-electron chi connectivity index (χ4n) is 2.07. The average molecular weight is 348 g/mol. The Bertz CT molecular complexity index is 452. The quantitative estimate of drug-likeness (QED) is 0.789. The van der Waals surface area contributed by atoms with Crippen molar-refractivity contribution in [2.75, 3.05) is 6.54 Å². The zero-order chi connectivity index (χ0) is 12.6. The molecule has 1 aliphatic rings. The lowest BCUT2D eigenvalue weighted by molar-refractivity contribution is 0.0741. The van der Waals surface area contributed by atoms with Gasteiger partial charge in [0.25, 0.3) is 5.91 Å². The van der Waals surface area contributed by atoms with Crippen molar-refractivity contribution in [3.63, 3.8) is 0 Å². The summed E-state index contributed by atoms with van der Waals surface area (Å²) in [5.41, 5.74) is 6.44. The molecule has 1 aliphatic heterocycles. The minimum absolute atomic E-state index is 0.0389. The summed E-state index contributed by atoms with van der Waals surface area (Å²) in [5.74, 6) is -0.382. The topological polar surface area (TPSA) is 46.3 Å². The number of hydrogen-bond donors (Lipinski definition) is 1. The van der Waals surface area contributed by atoms with Gasteiger partial charge in [-0.25, -0.2) is 4.39 Å². The second-order valence-corrected chi connectivity index (χ2v) is 5.48. The highest BCUT2D eigenvalue weighted by Gasteiger charge is 2.32. The van der Waals surface area contributed by atoms with E-state index in [0.717, 1.165) is 6.42 Å². The number of rotatable bonds is 1.